The van der Waals surface area contributed by atoms with Crippen molar-refractivity contribution in [2.75, 3.05) is 23.7 Å². The van der Waals surface area contributed by atoms with Gasteiger partial charge in [-0.25, -0.2) is 9.97 Å². The normalized spacial score (nSPS) is 18.0. The van der Waals surface area contributed by atoms with Crippen LogP contribution < -0.4 is 10.6 Å². The molecule has 1 aliphatic rings. The molecule has 0 amide bonds. The van der Waals surface area contributed by atoms with Gasteiger partial charge >= 0.3 is 0 Å². The Morgan fingerprint density at radius 1 is 1.21 bits per heavy atom. The van der Waals surface area contributed by atoms with Crippen molar-refractivity contribution in [1.29, 1.82) is 0 Å². The van der Waals surface area contributed by atoms with E-state index in [0.717, 1.165) is 36.7 Å². The first-order valence-electron chi connectivity index (χ1n) is 7.43. The molecular weight excluding hydrogens is 236 g/mol. The Labute approximate surface area is 116 Å². The van der Waals surface area contributed by atoms with Crippen molar-refractivity contribution >= 4 is 11.6 Å². The molecule has 19 heavy (non-hydrogen) atoms. The molecule has 1 saturated heterocycles. The number of aryl methyl sites for hydroxylation is 1. The highest BCUT2D eigenvalue weighted by atomic mass is 15.2. The zero-order valence-corrected chi connectivity index (χ0v) is 12.7. The minimum Gasteiger partial charge on any atom is -0.383 e. The third kappa shape index (κ3) is 2.53. The molecule has 2 N–H and O–H groups in total. The largest absolute Gasteiger partial charge is 0.383 e. The van der Waals surface area contributed by atoms with Crippen LogP contribution in [0.4, 0.5) is 11.6 Å². The van der Waals surface area contributed by atoms with Crippen molar-refractivity contribution in [3.63, 3.8) is 0 Å². The number of nitrogen functional groups attached to an aromatic ring is 1. The second kappa shape index (κ2) is 5.35. The van der Waals surface area contributed by atoms with E-state index >= 15 is 0 Å². The predicted molar refractivity (Wildman–Crippen MR) is 80.4 cm³/mol. The molecule has 0 saturated carbocycles. The van der Waals surface area contributed by atoms with E-state index in [9.17, 15) is 0 Å². The van der Waals surface area contributed by atoms with Crippen LogP contribution in [0.25, 0.3) is 0 Å². The quantitative estimate of drug-likeness (QED) is 0.906. The van der Waals surface area contributed by atoms with Crippen LogP contribution in [0, 0.1) is 12.3 Å². The van der Waals surface area contributed by atoms with E-state index in [1.165, 1.54) is 19.3 Å². The fourth-order valence-corrected chi connectivity index (χ4v) is 2.98. The highest BCUT2D eigenvalue weighted by Crippen LogP contribution is 2.39. The van der Waals surface area contributed by atoms with Crippen molar-refractivity contribution in [2.24, 2.45) is 5.41 Å². The van der Waals surface area contributed by atoms with Gasteiger partial charge in [0.2, 0.25) is 0 Å². The monoisotopic (exact) mass is 262 g/mol. The lowest BCUT2D eigenvalue weighted by atomic mass is 9.82. The molecule has 1 aromatic rings. The van der Waals surface area contributed by atoms with E-state index in [1.54, 1.807) is 0 Å². The Morgan fingerprint density at radius 3 is 2.42 bits per heavy atom. The summed E-state index contributed by atoms with van der Waals surface area (Å²) in [5.74, 6) is 2.53. The average molecular weight is 262 g/mol. The predicted octanol–water partition coefficient (Wildman–Crippen LogP) is 2.95. The molecule has 0 atom stereocenters. The van der Waals surface area contributed by atoms with Gasteiger partial charge in [-0.1, -0.05) is 20.8 Å². The maximum absolute atomic E-state index is 6.02. The molecule has 2 rings (SSSR count). The van der Waals surface area contributed by atoms with E-state index in [0.29, 0.717) is 11.2 Å². The molecule has 1 aliphatic heterocycles. The lowest BCUT2D eigenvalue weighted by molar-refractivity contribution is 0.301. The fraction of sp³-hybridized carbons (Fsp3) is 0.733. The van der Waals surface area contributed by atoms with Gasteiger partial charge in [0.15, 0.2) is 0 Å². The standard InChI is InChI=1S/C15H26N4/c1-5-12-17-13(16)11(4)14(18-12)19-9-8-15(6-2,7-3)10-19/h5-10H2,1-4H3,(H2,16,17,18). The van der Waals surface area contributed by atoms with Crippen molar-refractivity contribution in [3.8, 4) is 0 Å². The number of hydrogen-bond acceptors (Lipinski definition) is 4. The van der Waals surface area contributed by atoms with Gasteiger partial charge in [-0.15, -0.1) is 0 Å². The van der Waals surface area contributed by atoms with E-state index < -0.39 is 0 Å². The van der Waals surface area contributed by atoms with Crippen LogP contribution in [0.3, 0.4) is 0 Å². The third-order valence-corrected chi connectivity index (χ3v) is 4.76. The molecule has 0 bridgehead atoms. The van der Waals surface area contributed by atoms with E-state index in [-0.39, 0.29) is 0 Å². The van der Waals surface area contributed by atoms with Gasteiger partial charge in [0, 0.05) is 25.1 Å². The van der Waals surface area contributed by atoms with Crippen molar-refractivity contribution in [2.45, 2.75) is 53.4 Å². The first kappa shape index (κ1) is 14.1. The van der Waals surface area contributed by atoms with Crippen LogP contribution in [0.15, 0.2) is 0 Å². The number of aromatic nitrogens is 2. The van der Waals surface area contributed by atoms with Crippen LogP contribution >= 0.6 is 0 Å². The number of nitrogens with zero attached hydrogens (tertiary/aromatic N) is 3. The fourth-order valence-electron chi connectivity index (χ4n) is 2.98. The SMILES string of the molecule is CCc1nc(N)c(C)c(N2CCC(CC)(CC)C2)n1. The lowest BCUT2D eigenvalue weighted by Crippen LogP contribution is -2.28. The molecule has 0 unspecified atom stereocenters. The second-order valence-corrected chi connectivity index (χ2v) is 5.71. The van der Waals surface area contributed by atoms with Crippen molar-refractivity contribution in [3.05, 3.63) is 11.4 Å². The van der Waals surface area contributed by atoms with E-state index in [2.05, 4.69) is 30.7 Å². The molecule has 1 aromatic heterocycles. The highest BCUT2D eigenvalue weighted by molar-refractivity contribution is 5.57. The minimum absolute atomic E-state index is 0.457. The molecule has 4 heteroatoms. The topological polar surface area (TPSA) is 55.0 Å². The van der Waals surface area contributed by atoms with Gasteiger partial charge in [0.05, 0.1) is 0 Å². The molecule has 1 fully saturated rings. The van der Waals surface area contributed by atoms with Gasteiger partial charge in [-0.05, 0) is 31.6 Å². The van der Waals surface area contributed by atoms with Gasteiger partial charge in [-0.2, -0.15) is 0 Å². The zero-order chi connectivity index (χ0) is 14.0. The first-order valence-corrected chi connectivity index (χ1v) is 7.43. The summed E-state index contributed by atoms with van der Waals surface area (Å²) in [5.41, 5.74) is 7.50. The minimum atomic E-state index is 0.457. The maximum Gasteiger partial charge on any atom is 0.137 e. The molecule has 0 spiro atoms. The van der Waals surface area contributed by atoms with Gasteiger partial charge in [0.1, 0.15) is 17.5 Å². The molecule has 0 aromatic carbocycles. The van der Waals surface area contributed by atoms with Crippen LogP contribution in [0.5, 0.6) is 0 Å². The summed E-state index contributed by atoms with van der Waals surface area (Å²) >= 11 is 0. The summed E-state index contributed by atoms with van der Waals surface area (Å²) in [5, 5.41) is 0. The summed E-state index contributed by atoms with van der Waals surface area (Å²) < 4.78 is 0. The lowest BCUT2D eigenvalue weighted by Gasteiger charge is -2.27. The number of nitrogens with two attached hydrogens (primary N) is 1. The third-order valence-electron chi connectivity index (χ3n) is 4.76. The summed E-state index contributed by atoms with van der Waals surface area (Å²) in [6, 6.07) is 0. The zero-order valence-electron chi connectivity index (χ0n) is 12.7. The van der Waals surface area contributed by atoms with E-state index in [1.807, 2.05) is 6.92 Å². The van der Waals surface area contributed by atoms with Crippen LogP contribution in [0.1, 0.15) is 51.4 Å². The summed E-state index contributed by atoms with van der Waals surface area (Å²) in [7, 11) is 0. The summed E-state index contributed by atoms with van der Waals surface area (Å²) in [6.45, 7) is 10.9. The smallest absolute Gasteiger partial charge is 0.137 e. The second-order valence-electron chi connectivity index (χ2n) is 5.71. The first-order chi connectivity index (χ1) is 9.05. The molecule has 2 heterocycles. The number of hydrogen-bond donors (Lipinski definition) is 1. The van der Waals surface area contributed by atoms with Crippen molar-refractivity contribution in [1.82, 2.24) is 9.97 Å². The Bertz CT molecular complexity index is 452. The Balaban J connectivity index is 2.31. The highest BCUT2D eigenvalue weighted by Gasteiger charge is 2.36. The molecule has 4 nitrogen and oxygen atoms in total. The van der Waals surface area contributed by atoms with Crippen LogP contribution in [-0.4, -0.2) is 23.1 Å². The van der Waals surface area contributed by atoms with Crippen LogP contribution in [0.2, 0.25) is 0 Å². The molecular formula is C15H26N4. The Kier molecular flexibility index (Phi) is 3.97. The molecule has 106 valence electrons. The average Bonchev–Trinajstić information content (AvgIpc) is 2.86. The molecule has 0 radical (unpaired) electrons. The summed E-state index contributed by atoms with van der Waals surface area (Å²) in [4.78, 5) is 11.4. The maximum atomic E-state index is 6.02. The van der Waals surface area contributed by atoms with Gasteiger partial charge in [-0.3, -0.25) is 0 Å². The Hall–Kier alpha value is -1.32. The van der Waals surface area contributed by atoms with Gasteiger partial charge in [0.25, 0.3) is 0 Å². The summed E-state index contributed by atoms with van der Waals surface area (Å²) in [6.07, 6.45) is 4.56. The van der Waals surface area contributed by atoms with Crippen LogP contribution in [-0.2, 0) is 6.42 Å². The number of rotatable bonds is 4. The molecule has 0 aliphatic carbocycles. The van der Waals surface area contributed by atoms with Gasteiger partial charge < -0.3 is 10.6 Å². The Morgan fingerprint density at radius 2 is 1.89 bits per heavy atom. The van der Waals surface area contributed by atoms with E-state index in [4.69, 9.17) is 10.7 Å². The van der Waals surface area contributed by atoms with Crippen molar-refractivity contribution < 1.29 is 0 Å². The number of anilines is 2.